The molecule has 9 heteroatoms. The number of nitriles is 1. The van der Waals surface area contributed by atoms with E-state index >= 15 is 0 Å². The van der Waals surface area contributed by atoms with Crippen molar-refractivity contribution >= 4 is 40.0 Å². The van der Waals surface area contributed by atoms with Gasteiger partial charge in [0.1, 0.15) is 23.2 Å². The third-order valence-corrected chi connectivity index (χ3v) is 4.61. The molecule has 0 saturated carbocycles. The normalized spacial score (nSPS) is 11.0. The van der Waals surface area contributed by atoms with Crippen molar-refractivity contribution < 1.29 is 18.4 Å². The van der Waals surface area contributed by atoms with Crippen LogP contribution in [0.3, 0.4) is 0 Å². The van der Waals surface area contributed by atoms with Crippen molar-refractivity contribution in [1.29, 1.82) is 5.26 Å². The fraction of sp³-hybridized carbons (Fsp3) is 0.100. The summed E-state index contributed by atoms with van der Waals surface area (Å²) in [5.74, 6) is -1.02. The summed E-state index contributed by atoms with van der Waals surface area (Å²) in [5, 5.41) is 13.7. The van der Waals surface area contributed by atoms with Crippen molar-refractivity contribution in [1.82, 2.24) is 10.3 Å². The first-order valence-electron chi connectivity index (χ1n) is 8.42. The Morgan fingerprint density at radius 1 is 1.34 bits per heavy atom. The van der Waals surface area contributed by atoms with Crippen LogP contribution in [0.15, 0.2) is 58.0 Å². The van der Waals surface area contributed by atoms with Crippen LogP contribution in [-0.2, 0) is 16.1 Å². The molecule has 3 rings (SSSR count). The van der Waals surface area contributed by atoms with Gasteiger partial charge in [0.15, 0.2) is 5.13 Å². The van der Waals surface area contributed by atoms with Crippen LogP contribution in [0.2, 0.25) is 0 Å². The fourth-order valence-corrected chi connectivity index (χ4v) is 3.30. The van der Waals surface area contributed by atoms with Crippen LogP contribution in [-0.4, -0.2) is 16.8 Å². The number of nitrogens with zero attached hydrogens (tertiary/aromatic N) is 3. The number of para-hydroxylation sites is 1. The molecular formula is C20H15FN4O3S. The summed E-state index contributed by atoms with van der Waals surface area (Å²) >= 11 is 1.09. The smallest absolute Gasteiger partial charge is 0.262 e. The molecule has 29 heavy (non-hydrogen) atoms. The Balaban J connectivity index is 1.81. The minimum Gasteiger partial charge on any atom is -0.467 e. The highest BCUT2D eigenvalue weighted by Gasteiger charge is 2.21. The number of rotatable bonds is 6. The van der Waals surface area contributed by atoms with E-state index in [9.17, 15) is 19.2 Å². The lowest BCUT2D eigenvalue weighted by molar-refractivity contribution is -0.117. The highest BCUT2D eigenvalue weighted by Crippen LogP contribution is 2.31. The van der Waals surface area contributed by atoms with E-state index in [1.54, 1.807) is 23.6 Å². The predicted octanol–water partition coefficient (Wildman–Crippen LogP) is 3.78. The molecule has 2 heterocycles. The number of benzene rings is 1. The number of thiazole rings is 1. The lowest BCUT2D eigenvalue weighted by Gasteiger charge is -2.18. The third kappa shape index (κ3) is 4.75. The largest absolute Gasteiger partial charge is 0.467 e. The Kier molecular flexibility index (Phi) is 6.16. The molecule has 0 aliphatic carbocycles. The molecule has 1 aromatic carbocycles. The molecule has 0 radical (unpaired) electrons. The fourth-order valence-electron chi connectivity index (χ4n) is 2.46. The first-order chi connectivity index (χ1) is 14.0. The molecule has 7 nitrogen and oxygen atoms in total. The second-order valence-corrected chi connectivity index (χ2v) is 6.63. The van der Waals surface area contributed by atoms with Gasteiger partial charge in [-0.3, -0.25) is 14.5 Å². The Labute approximate surface area is 169 Å². The molecule has 0 atom stereocenters. The minimum atomic E-state index is -0.587. The van der Waals surface area contributed by atoms with Gasteiger partial charge >= 0.3 is 0 Å². The van der Waals surface area contributed by atoms with E-state index in [1.807, 2.05) is 6.07 Å². The summed E-state index contributed by atoms with van der Waals surface area (Å²) in [6.07, 6.45) is 2.78. The van der Waals surface area contributed by atoms with Gasteiger partial charge in [-0.05, 0) is 30.3 Å². The Morgan fingerprint density at radius 2 is 2.14 bits per heavy atom. The summed E-state index contributed by atoms with van der Waals surface area (Å²) in [6.45, 7) is 1.44. The predicted molar refractivity (Wildman–Crippen MR) is 105 cm³/mol. The highest BCUT2D eigenvalue weighted by molar-refractivity contribution is 7.14. The van der Waals surface area contributed by atoms with Crippen LogP contribution in [0.1, 0.15) is 18.4 Å². The van der Waals surface area contributed by atoms with Gasteiger partial charge in [0.25, 0.3) is 5.91 Å². The number of carbonyl (C=O) groups excluding carboxylic acids is 2. The highest BCUT2D eigenvalue weighted by atomic mass is 32.1. The van der Waals surface area contributed by atoms with Crippen LogP contribution in [0.5, 0.6) is 0 Å². The molecular weight excluding hydrogens is 395 g/mol. The maximum Gasteiger partial charge on any atom is 0.262 e. The number of hydrogen-bond donors (Lipinski definition) is 1. The zero-order valence-corrected chi connectivity index (χ0v) is 16.1. The lowest BCUT2D eigenvalue weighted by atomic mass is 10.2. The van der Waals surface area contributed by atoms with E-state index in [2.05, 4.69) is 10.3 Å². The van der Waals surface area contributed by atoms with E-state index in [0.717, 1.165) is 16.2 Å². The zero-order chi connectivity index (χ0) is 20.8. The van der Waals surface area contributed by atoms with Gasteiger partial charge in [0, 0.05) is 12.3 Å². The Hall–Kier alpha value is -3.77. The number of hydrogen-bond acceptors (Lipinski definition) is 6. The van der Waals surface area contributed by atoms with Gasteiger partial charge in [-0.15, -0.1) is 11.3 Å². The van der Waals surface area contributed by atoms with Gasteiger partial charge in [-0.1, -0.05) is 12.1 Å². The second-order valence-electron chi connectivity index (χ2n) is 5.79. The number of anilines is 2. The van der Waals surface area contributed by atoms with Crippen LogP contribution >= 0.6 is 11.3 Å². The molecule has 1 N–H and O–H groups in total. The maximum absolute atomic E-state index is 14.1. The molecule has 2 aromatic heterocycles. The molecule has 3 aromatic rings. The van der Waals surface area contributed by atoms with Crippen molar-refractivity contribution in [2.45, 2.75) is 13.5 Å². The lowest BCUT2D eigenvalue weighted by Crippen LogP contribution is -2.24. The zero-order valence-electron chi connectivity index (χ0n) is 15.3. The average molecular weight is 410 g/mol. The average Bonchev–Trinajstić information content (AvgIpc) is 3.38. The molecule has 0 unspecified atom stereocenters. The second kappa shape index (κ2) is 8.95. The van der Waals surface area contributed by atoms with Gasteiger partial charge in [0.05, 0.1) is 24.2 Å². The number of amides is 2. The maximum atomic E-state index is 14.1. The Bertz CT molecular complexity index is 1100. The van der Waals surface area contributed by atoms with E-state index in [0.29, 0.717) is 11.5 Å². The van der Waals surface area contributed by atoms with Crippen molar-refractivity contribution in [3.63, 3.8) is 0 Å². The van der Waals surface area contributed by atoms with Gasteiger partial charge in [-0.2, -0.15) is 5.26 Å². The summed E-state index contributed by atoms with van der Waals surface area (Å²) in [4.78, 5) is 29.7. The number of aromatic nitrogens is 1. The molecule has 0 aliphatic rings. The minimum absolute atomic E-state index is 0.0709. The Morgan fingerprint density at radius 3 is 2.79 bits per heavy atom. The molecule has 0 aliphatic heterocycles. The number of nitrogens with one attached hydrogen (secondary N) is 1. The van der Waals surface area contributed by atoms with Crippen LogP contribution < -0.4 is 10.2 Å². The molecule has 0 saturated heterocycles. The van der Waals surface area contributed by atoms with E-state index in [1.165, 1.54) is 37.5 Å². The van der Waals surface area contributed by atoms with Crippen molar-refractivity contribution in [2.24, 2.45) is 0 Å². The first-order valence-corrected chi connectivity index (χ1v) is 9.30. The number of carbonyl (C=O) groups is 2. The van der Waals surface area contributed by atoms with E-state index in [4.69, 9.17) is 4.42 Å². The van der Waals surface area contributed by atoms with Crippen molar-refractivity contribution in [2.75, 3.05) is 4.90 Å². The molecule has 0 fully saturated rings. The topological polar surface area (TPSA) is 99.2 Å². The number of furan rings is 1. The van der Waals surface area contributed by atoms with Gasteiger partial charge in [0.2, 0.25) is 5.91 Å². The summed E-state index contributed by atoms with van der Waals surface area (Å²) in [5.41, 5.74) is 0.215. The third-order valence-electron chi connectivity index (χ3n) is 3.77. The number of halogens is 1. The van der Waals surface area contributed by atoms with E-state index < -0.39 is 17.6 Å². The molecule has 0 bridgehead atoms. The summed E-state index contributed by atoms with van der Waals surface area (Å²) in [7, 11) is 0. The SMILES string of the molecule is CC(=O)N(c1nc(/C=C(\C#N)C(=O)NCc2ccco2)cs1)c1ccccc1F. The summed E-state index contributed by atoms with van der Waals surface area (Å²) < 4.78 is 19.3. The van der Waals surface area contributed by atoms with Crippen LogP contribution in [0.25, 0.3) is 6.08 Å². The van der Waals surface area contributed by atoms with Gasteiger partial charge < -0.3 is 9.73 Å². The quantitative estimate of drug-likeness (QED) is 0.492. The van der Waals surface area contributed by atoms with Crippen molar-refractivity contribution in [3.05, 3.63) is 70.9 Å². The molecule has 2 amide bonds. The molecule has 0 spiro atoms. The van der Waals surface area contributed by atoms with Crippen LogP contribution in [0.4, 0.5) is 15.2 Å². The first kappa shape index (κ1) is 20.0. The van der Waals surface area contributed by atoms with Crippen LogP contribution in [0, 0.1) is 17.1 Å². The van der Waals surface area contributed by atoms with Crippen molar-refractivity contribution in [3.8, 4) is 6.07 Å². The monoisotopic (exact) mass is 410 g/mol. The standard InChI is InChI=1S/C20H15FN4O3S/c1-13(26)25(18-7-3-2-6-17(18)21)20-24-15(12-29-20)9-14(10-22)19(27)23-11-16-5-4-8-28-16/h2-9,12H,11H2,1H3,(H,23,27)/b14-9+. The summed E-state index contributed by atoms with van der Waals surface area (Å²) in [6, 6.07) is 11.1. The van der Waals surface area contributed by atoms with Gasteiger partial charge in [-0.25, -0.2) is 9.37 Å². The molecule has 146 valence electrons. The van der Waals surface area contributed by atoms with E-state index in [-0.39, 0.29) is 22.9 Å².